The van der Waals surface area contributed by atoms with Gasteiger partial charge in [0.25, 0.3) is 0 Å². The fourth-order valence-electron chi connectivity index (χ4n) is 3.32. The molecule has 3 rings (SSSR count). The summed E-state index contributed by atoms with van der Waals surface area (Å²) in [6.45, 7) is 0.727. The highest BCUT2D eigenvalue weighted by molar-refractivity contribution is 5.89. The standard InChI is InChI=1S/C18H19F6NO4/c19-17(20,21)13-3-1-2-12(10-13)15(26)29-14(18(22,23)24)11-25-6-4-16(5-7-25)27-8-9-28-16/h1-3,10,14H,4-9,11H2. The van der Waals surface area contributed by atoms with E-state index in [1.54, 1.807) is 0 Å². The summed E-state index contributed by atoms with van der Waals surface area (Å²) in [5.41, 5.74) is -1.74. The molecule has 0 radical (unpaired) electrons. The summed E-state index contributed by atoms with van der Waals surface area (Å²) in [7, 11) is 0. The van der Waals surface area contributed by atoms with E-state index in [1.165, 1.54) is 4.90 Å². The van der Waals surface area contributed by atoms with Crippen molar-refractivity contribution in [1.82, 2.24) is 4.90 Å². The van der Waals surface area contributed by atoms with Crippen LogP contribution in [-0.4, -0.2) is 61.8 Å². The van der Waals surface area contributed by atoms with Gasteiger partial charge in [-0.2, -0.15) is 26.3 Å². The second-order valence-electron chi connectivity index (χ2n) is 6.92. The Bertz CT molecular complexity index is 720. The summed E-state index contributed by atoms with van der Waals surface area (Å²) in [6.07, 6.45) is -11.3. The van der Waals surface area contributed by atoms with Crippen molar-refractivity contribution in [2.24, 2.45) is 0 Å². The van der Waals surface area contributed by atoms with Crippen molar-refractivity contribution in [3.63, 3.8) is 0 Å². The van der Waals surface area contributed by atoms with Gasteiger partial charge in [0.15, 0.2) is 5.79 Å². The molecule has 2 heterocycles. The van der Waals surface area contributed by atoms with E-state index in [1.807, 2.05) is 0 Å². The average molecular weight is 427 g/mol. The lowest BCUT2D eigenvalue weighted by Crippen LogP contribution is -2.50. The molecule has 1 aromatic rings. The Hall–Kier alpha value is -1.85. The second kappa shape index (κ2) is 8.11. The van der Waals surface area contributed by atoms with Crippen molar-refractivity contribution < 1.29 is 45.3 Å². The van der Waals surface area contributed by atoms with Gasteiger partial charge in [0, 0.05) is 32.5 Å². The Morgan fingerprint density at radius 2 is 1.72 bits per heavy atom. The van der Waals surface area contributed by atoms with Crippen LogP contribution < -0.4 is 0 Å². The predicted molar refractivity (Wildman–Crippen MR) is 87.0 cm³/mol. The normalized spacial score (nSPS) is 21.3. The number of rotatable bonds is 4. The fraction of sp³-hybridized carbons (Fsp3) is 0.611. The van der Waals surface area contributed by atoms with Crippen molar-refractivity contribution in [1.29, 1.82) is 0 Å². The first kappa shape index (κ1) is 21.8. The molecule has 0 aromatic heterocycles. The number of nitrogens with zero attached hydrogens (tertiary/aromatic N) is 1. The van der Waals surface area contributed by atoms with Crippen LogP contribution in [0.5, 0.6) is 0 Å². The third kappa shape index (κ3) is 5.40. The van der Waals surface area contributed by atoms with Gasteiger partial charge in [-0.3, -0.25) is 4.90 Å². The molecule has 1 atom stereocenters. The molecule has 11 heteroatoms. The van der Waals surface area contributed by atoms with Crippen LogP contribution >= 0.6 is 0 Å². The number of carbonyl (C=O) groups is 1. The number of ether oxygens (including phenoxy) is 3. The van der Waals surface area contributed by atoms with Gasteiger partial charge < -0.3 is 14.2 Å². The van der Waals surface area contributed by atoms with Crippen LogP contribution in [0, 0.1) is 0 Å². The minimum atomic E-state index is -4.87. The third-order valence-corrected chi connectivity index (χ3v) is 4.90. The molecular formula is C18H19F6NO4. The van der Waals surface area contributed by atoms with Crippen LogP contribution in [-0.2, 0) is 20.4 Å². The number of carbonyl (C=O) groups excluding carboxylic acids is 1. The van der Waals surface area contributed by atoms with Gasteiger partial charge in [-0.1, -0.05) is 6.07 Å². The number of hydrogen-bond acceptors (Lipinski definition) is 5. The van der Waals surface area contributed by atoms with Crippen molar-refractivity contribution >= 4 is 5.97 Å². The topological polar surface area (TPSA) is 48.0 Å². The molecule has 0 saturated carbocycles. The summed E-state index contributed by atoms with van der Waals surface area (Å²) in [5, 5.41) is 0. The Balaban J connectivity index is 1.65. The van der Waals surface area contributed by atoms with Gasteiger partial charge in [0.1, 0.15) is 0 Å². The largest absolute Gasteiger partial charge is 0.448 e. The molecule has 0 amide bonds. The van der Waals surface area contributed by atoms with Crippen LogP contribution in [0.3, 0.4) is 0 Å². The van der Waals surface area contributed by atoms with E-state index in [9.17, 15) is 31.1 Å². The number of likely N-dealkylation sites (tertiary alicyclic amines) is 1. The highest BCUT2D eigenvalue weighted by atomic mass is 19.4. The van der Waals surface area contributed by atoms with Crippen LogP contribution in [0.15, 0.2) is 24.3 Å². The molecule has 1 unspecified atom stereocenters. The van der Waals surface area contributed by atoms with Crippen LogP contribution in [0.2, 0.25) is 0 Å². The summed E-state index contributed by atoms with van der Waals surface area (Å²) < 4.78 is 94.0. The summed E-state index contributed by atoms with van der Waals surface area (Å²) in [6, 6.07) is 3.10. The van der Waals surface area contributed by atoms with Gasteiger partial charge in [0.05, 0.1) is 24.3 Å². The van der Waals surface area contributed by atoms with E-state index in [-0.39, 0.29) is 13.1 Å². The van der Waals surface area contributed by atoms with Crippen molar-refractivity contribution in [3.05, 3.63) is 35.4 Å². The highest BCUT2D eigenvalue weighted by Crippen LogP contribution is 2.33. The molecule has 0 aliphatic carbocycles. The number of esters is 1. The fourth-order valence-corrected chi connectivity index (χ4v) is 3.32. The average Bonchev–Trinajstić information content (AvgIpc) is 3.10. The van der Waals surface area contributed by atoms with Gasteiger partial charge in [0.2, 0.25) is 6.10 Å². The Morgan fingerprint density at radius 3 is 2.28 bits per heavy atom. The summed E-state index contributed by atoms with van der Waals surface area (Å²) in [4.78, 5) is 13.5. The molecule has 1 aromatic carbocycles. The monoisotopic (exact) mass is 427 g/mol. The molecule has 2 fully saturated rings. The van der Waals surface area contributed by atoms with Gasteiger partial charge >= 0.3 is 18.3 Å². The number of piperidine rings is 1. The zero-order valence-corrected chi connectivity index (χ0v) is 15.2. The van der Waals surface area contributed by atoms with Crippen LogP contribution in [0.25, 0.3) is 0 Å². The van der Waals surface area contributed by atoms with Crippen molar-refractivity contribution in [3.8, 4) is 0 Å². The molecule has 1 spiro atoms. The maximum Gasteiger partial charge on any atom is 0.426 e. The highest BCUT2D eigenvalue weighted by Gasteiger charge is 2.46. The van der Waals surface area contributed by atoms with Crippen molar-refractivity contribution in [2.75, 3.05) is 32.8 Å². The molecule has 2 aliphatic rings. The Labute approximate surface area is 162 Å². The maximum atomic E-state index is 13.4. The smallest absolute Gasteiger partial charge is 0.426 e. The number of halogens is 6. The lowest BCUT2D eigenvalue weighted by atomic mass is 10.0. The van der Waals surface area contributed by atoms with Gasteiger partial charge in [-0.25, -0.2) is 4.79 Å². The number of hydrogen-bond donors (Lipinski definition) is 0. The van der Waals surface area contributed by atoms with Crippen LogP contribution in [0.4, 0.5) is 26.3 Å². The Kier molecular flexibility index (Phi) is 6.11. The lowest BCUT2D eigenvalue weighted by molar-refractivity contribution is -0.217. The van der Waals surface area contributed by atoms with E-state index < -0.39 is 47.9 Å². The molecular weight excluding hydrogens is 408 g/mol. The first-order chi connectivity index (χ1) is 13.5. The maximum absolute atomic E-state index is 13.4. The Morgan fingerprint density at radius 1 is 1.10 bits per heavy atom. The van der Waals surface area contributed by atoms with E-state index in [4.69, 9.17) is 9.47 Å². The predicted octanol–water partition coefficient (Wildman–Crippen LogP) is 3.63. The quantitative estimate of drug-likeness (QED) is 0.543. The first-order valence-electron chi connectivity index (χ1n) is 8.94. The minimum absolute atomic E-state index is 0.244. The lowest BCUT2D eigenvalue weighted by Gasteiger charge is -2.38. The molecule has 2 aliphatic heterocycles. The number of alkyl halides is 6. The van der Waals surface area contributed by atoms with E-state index in [0.29, 0.717) is 32.1 Å². The molecule has 0 N–H and O–H groups in total. The van der Waals surface area contributed by atoms with Crippen molar-refractivity contribution in [2.45, 2.75) is 37.1 Å². The molecule has 5 nitrogen and oxygen atoms in total. The molecule has 162 valence electrons. The summed E-state index contributed by atoms with van der Waals surface area (Å²) in [5.74, 6) is -2.23. The van der Waals surface area contributed by atoms with E-state index >= 15 is 0 Å². The van der Waals surface area contributed by atoms with E-state index in [2.05, 4.69) is 4.74 Å². The second-order valence-corrected chi connectivity index (χ2v) is 6.92. The number of benzene rings is 1. The molecule has 2 saturated heterocycles. The van der Waals surface area contributed by atoms with Crippen LogP contribution in [0.1, 0.15) is 28.8 Å². The SMILES string of the molecule is O=C(OC(CN1CCC2(CC1)OCCO2)C(F)(F)F)c1cccc(C(F)(F)F)c1. The van der Waals surface area contributed by atoms with Gasteiger partial charge in [-0.05, 0) is 18.2 Å². The minimum Gasteiger partial charge on any atom is -0.448 e. The van der Waals surface area contributed by atoms with Gasteiger partial charge in [-0.15, -0.1) is 0 Å². The van der Waals surface area contributed by atoms with E-state index in [0.717, 1.165) is 18.2 Å². The third-order valence-electron chi connectivity index (χ3n) is 4.90. The zero-order valence-electron chi connectivity index (χ0n) is 15.2. The zero-order chi connectivity index (χ0) is 21.3. The summed E-state index contributed by atoms with van der Waals surface area (Å²) >= 11 is 0. The molecule has 29 heavy (non-hydrogen) atoms. The molecule has 0 bridgehead atoms. The first-order valence-corrected chi connectivity index (χ1v) is 8.94.